The van der Waals surface area contributed by atoms with Gasteiger partial charge < -0.3 is 10.6 Å². The van der Waals surface area contributed by atoms with E-state index in [9.17, 15) is 4.79 Å². The second kappa shape index (κ2) is 4.64. The summed E-state index contributed by atoms with van der Waals surface area (Å²) >= 11 is 0. The Bertz CT molecular complexity index is 419. The molecule has 1 saturated heterocycles. The Hall–Kier alpha value is -1.50. The zero-order chi connectivity index (χ0) is 12.5. The van der Waals surface area contributed by atoms with Crippen molar-refractivity contribution in [2.45, 2.75) is 31.8 Å². The summed E-state index contributed by atoms with van der Waals surface area (Å²) in [5.74, 6) is 1.16. The first kappa shape index (κ1) is 11.6. The Kier molecular flexibility index (Phi) is 2.99. The van der Waals surface area contributed by atoms with Crippen LogP contribution in [0.5, 0.6) is 0 Å². The molecule has 1 aliphatic heterocycles. The summed E-state index contributed by atoms with van der Waals surface area (Å²) in [6.07, 6.45) is 4.95. The maximum absolute atomic E-state index is 12.1. The van der Waals surface area contributed by atoms with Crippen LogP contribution in [0.15, 0.2) is 6.33 Å². The van der Waals surface area contributed by atoms with Gasteiger partial charge in [-0.15, -0.1) is 5.10 Å². The minimum atomic E-state index is 0.0869. The second-order valence-corrected chi connectivity index (χ2v) is 5.32. The van der Waals surface area contributed by atoms with Crippen LogP contribution in [0.2, 0.25) is 0 Å². The molecule has 3 atom stereocenters. The third-order valence-corrected chi connectivity index (χ3v) is 4.20. The third kappa shape index (κ3) is 2.10. The molecule has 1 saturated carbocycles. The molecule has 0 bridgehead atoms. The number of carbonyl (C=O) groups excluding carboxylic acids is 1. The number of hydrogen-bond donors (Lipinski definition) is 1. The topological polar surface area (TPSA) is 89.9 Å². The first-order chi connectivity index (χ1) is 8.74. The Morgan fingerprint density at radius 1 is 1.39 bits per heavy atom. The van der Waals surface area contributed by atoms with Gasteiger partial charge in [0.1, 0.15) is 12.9 Å². The van der Waals surface area contributed by atoms with Crippen LogP contribution in [-0.4, -0.2) is 50.1 Å². The van der Waals surface area contributed by atoms with Gasteiger partial charge >= 0.3 is 0 Å². The highest BCUT2D eigenvalue weighted by Gasteiger charge is 2.40. The standard InChI is InChI=1S/C11H18N6O/c12-10-3-1-2-8-4-16(5-9(8)10)11(18)6-17-7-13-14-15-17/h7-10H,1-6,12H2. The van der Waals surface area contributed by atoms with Crippen molar-refractivity contribution in [1.82, 2.24) is 25.1 Å². The summed E-state index contributed by atoms with van der Waals surface area (Å²) in [5.41, 5.74) is 6.14. The number of nitrogens with zero attached hydrogens (tertiary/aromatic N) is 5. The molecular formula is C11H18N6O. The lowest BCUT2D eigenvalue weighted by atomic mass is 9.78. The van der Waals surface area contributed by atoms with E-state index in [1.54, 1.807) is 0 Å². The minimum Gasteiger partial charge on any atom is -0.340 e. The highest BCUT2D eigenvalue weighted by Crippen LogP contribution is 2.35. The number of hydrogen-bond acceptors (Lipinski definition) is 5. The fraction of sp³-hybridized carbons (Fsp3) is 0.818. The molecule has 3 rings (SSSR count). The van der Waals surface area contributed by atoms with Crippen LogP contribution in [-0.2, 0) is 11.3 Å². The van der Waals surface area contributed by atoms with Crippen LogP contribution in [0, 0.1) is 11.8 Å². The molecule has 1 amide bonds. The molecule has 2 aliphatic rings. The van der Waals surface area contributed by atoms with Crippen molar-refractivity contribution in [1.29, 1.82) is 0 Å². The summed E-state index contributed by atoms with van der Waals surface area (Å²) in [7, 11) is 0. The zero-order valence-corrected chi connectivity index (χ0v) is 10.3. The van der Waals surface area contributed by atoms with E-state index in [0.29, 0.717) is 11.8 Å². The SMILES string of the molecule is NC1CCCC2CN(C(=O)Cn3cnnn3)CC12. The fourth-order valence-corrected chi connectivity index (χ4v) is 3.21. The highest BCUT2D eigenvalue weighted by atomic mass is 16.2. The summed E-state index contributed by atoms with van der Waals surface area (Å²) < 4.78 is 1.46. The monoisotopic (exact) mass is 250 g/mol. The van der Waals surface area contributed by atoms with Crippen LogP contribution < -0.4 is 5.73 Å². The number of tetrazole rings is 1. The van der Waals surface area contributed by atoms with Crippen LogP contribution >= 0.6 is 0 Å². The van der Waals surface area contributed by atoms with E-state index in [1.807, 2.05) is 4.90 Å². The molecule has 7 heteroatoms. The van der Waals surface area contributed by atoms with Gasteiger partial charge in [0.05, 0.1) is 0 Å². The minimum absolute atomic E-state index is 0.0869. The van der Waals surface area contributed by atoms with E-state index in [1.165, 1.54) is 23.9 Å². The number of nitrogens with two attached hydrogens (primary N) is 1. The smallest absolute Gasteiger partial charge is 0.244 e. The first-order valence-electron chi connectivity index (χ1n) is 6.48. The molecule has 18 heavy (non-hydrogen) atoms. The van der Waals surface area contributed by atoms with Gasteiger partial charge in [0, 0.05) is 19.1 Å². The maximum Gasteiger partial charge on any atom is 0.244 e. The molecule has 98 valence electrons. The van der Waals surface area contributed by atoms with Gasteiger partial charge in [-0.05, 0) is 35.1 Å². The van der Waals surface area contributed by atoms with Crippen molar-refractivity contribution in [3.05, 3.63) is 6.33 Å². The molecule has 2 heterocycles. The number of rotatable bonds is 2. The Labute approximate surface area is 105 Å². The van der Waals surface area contributed by atoms with Crippen molar-refractivity contribution in [3.8, 4) is 0 Å². The number of likely N-dealkylation sites (tertiary alicyclic amines) is 1. The first-order valence-corrected chi connectivity index (χ1v) is 6.48. The van der Waals surface area contributed by atoms with Gasteiger partial charge in [-0.3, -0.25) is 4.79 Å². The van der Waals surface area contributed by atoms with Crippen molar-refractivity contribution < 1.29 is 4.79 Å². The molecule has 1 aromatic heterocycles. The molecule has 0 radical (unpaired) electrons. The van der Waals surface area contributed by atoms with Crippen LogP contribution in [0.25, 0.3) is 0 Å². The van der Waals surface area contributed by atoms with Crippen molar-refractivity contribution in [3.63, 3.8) is 0 Å². The Morgan fingerprint density at radius 3 is 3.00 bits per heavy atom. The number of aromatic nitrogens is 4. The van der Waals surface area contributed by atoms with Crippen molar-refractivity contribution in [2.24, 2.45) is 17.6 Å². The lowest BCUT2D eigenvalue weighted by Gasteiger charge is -2.29. The molecule has 7 nitrogen and oxygen atoms in total. The number of carbonyl (C=O) groups is 1. The largest absolute Gasteiger partial charge is 0.340 e. The van der Waals surface area contributed by atoms with E-state index >= 15 is 0 Å². The van der Waals surface area contributed by atoms with Gasteiger partial charge in [-0.25, -0.2) is 4.68 Å². The molecule has 1 aliphatic carbocycles. The summed E-state index contributed by atoms with van der Waals surface area (Å²) in [6, 6.07) is 0.259. The summed E-state index contributed by atoms with van der Waals surface area (Å²) in [6.45, 7) is 1.87. The molecule has 0 spiro atoms. The lowest BCUT2D eigenvalue weighted by molar-refractivity contribution is -0.131. The number of fused-ring (bicyclic) bond motifs is 1. The van der Waals surface area contributed by atoms with Gasteiger partial charge in [0.15, 0.2) is 0 Å². The Balaban J connectivity index is 1.62. The number of amides is 1. The Morgan fingerprint density at radius 2 is 2.28 bits per heavy atom. The zero-order valence-electron chi connectivity index (χ0n) is 10.3. The fourth-order valence-electron chi connectivity index (χ4n) is 3.21. The van der Waals surface area contributed by atoms with Crippen molar-refractivity contribution in [2.75, 3.05) is 13.1 Å². The maximum atomic E-state index is 12.1. The molecule has 2 fully saturated rings. The van der Waals surface area contributed by atoms with Crippen LogP contribution in [0.1, 0.15) is 19.3 Å². The molecular weight excluding hydrogens is 232 g/mol. The predicted molar refractivity (Wildman–Crippen MR) is 63.2 cm³/mol. The molecule has 0 aromatic carbocycles. The van der Waals surface area contributed by atoms with Gasteiger partial charge in [0.2, 0.25) is 5.91 Å². The average Bonchev–Trinajstić information content (AvgIpc) is 2.97. The summed E-state index contributed by atoms with van der Waals surface area (Å²) in [5, 5.41) is 10.8. The summed E-state index contributed by atoms with van der Waals surface area (Å²) in [4.78, 5) is 14.1. The van der Waals surface area contributed by atoms with E-state index in [4.69, 9.17) is 5.73 Å². The normalized spacial score (nSPS) is 31.4. The molecule has 2 N–H and O–H groups in total. The van der Waals surface area contributed by atoms with E-state index in [2.05, 4.69) is 15.5 Å². The van der Waals surface area contributed by atoms with Gasteiger partial charge in [-0.1, -0.05) is 6.42 Å². The quantitative estimate of drug-likeness (QED) is 0.746. The van der Waals surface area contributed by atoms with E-state index in [-0.39, 0.29) is 18.5 Å². The highest BCUT2D eigenvalue weighted by molar-refractivity contribution is 5.76. The van der Waals surface area contributed by atoms with Gasteiger partial charge in [0.25, 0.3) is 0 Å². The molecule has 1 aromatic rings. The lowest BCUT2D eigenvalue weighted by Crippen LogP contribution is -2.38. The average molecular weight is 250 g/mol. The predicted octanol–water partition coefficient (Wildman–Crippen LogP) is -0.741. The van der Waals surface area contributed by atoms with E-state index < -0.39 is 0 Å². The van der Waals surface area contributed by atoms with Crippen molar-refractivity contribution >= 4 is 5.91 Å². The van der Waals surface area contributed by atoms with Gasteiger partial charge in [-0.2, -0.15) is 0 Å². The van der Waals surface area contributed by atoms with Crippen LogP contribution in [0.4, 0.5) is 0 Å². The van der Waals surface area contributed by atoms with Crippen LogP contribution in [0.3, 0.4) is 0 Å². The molecule has 3 unspecified atom stereocenters. The third-order valence-electron chi connectivity index (χ3n) is 4.20. The second-order valence-electron chi connectivity index (χ2n) is 5.32. The van der Waals surface area contributed by atoms with E-state index in [0.717, 1.165) is 19.5 Å².